The van der Waals surface area contributed by atoms with Crippen LogP contribution in [-0.2, 0) is 24.4 Å². The van der Waals surface area contributed by atoms with Gasteiger partial charge in [-0.15, -0.1) is 0 Å². The summed E-state index contributed by atoms with van der Waals surface area (Å²) in [7, 11) is 1.76. The summed E-state index contributed by atoms with van der Waals surface area (Å²) in [6, 6.07) is 4.42. The van der Waals surface area contributed by atoms with E-state index in [0.29, 0.717) is 0 Å². The SMILES string of the molecule is COc1cc2c(cc1CCN1CCNCC1)COC2. The molecule has 1 aromatic rings. The summed E-state index contributed by atoms with van der Waals surface area (Å²) in [5.41, 5.74) is 3.92. The van der Waals surface area contributed by atoms with Crippen molar-refractivity contribution in [3.05, 3.63) is 28.8 Å². The molecule has 1 aromatic carbocycles. The van der Waals surface area contributed by atoms with E-state index in [1.165, 1.54) is 16.7 Å². The lowest BCUT2D eigenvalue weighted by molar-refractivity contribution is 0.134. The average molecular weight is 262 g/mol. The Kier molecular flexibility index (Phi) is 4.01. The third-order valence-corrected chi connectivity index (χ3v) is 4.02. The molecule has 2 aliphatic rings. The van der Waals surface area contributed by atoms with Gasteiger partial charge in [0, 0.05) is 32.7 Å². The van der Waals surface area contributed by atoms with Crippen molar-refractivity contribution in [1.82, 2.24) is 10.2 Å². The van der Waals surface area contributed by atoms with Gasteiger partial charge in [-0.25, -0.2) is 0 Å². The molecule has 0 aromatic heterocycles. The van der Waals surface area contributed by atoms with Gasteiger partial charge in [0.2, 0.25) is 0 Å². The predicted octanol–water partition coefficient (Wildman–Crippen LogP) is 1.17. The van der Waals surface area contributed by atoms with E-state index in [4.69, 9.17) is 9.47 Å². The number of nitrogens with zero attached hydrogens (tertiary/aromatic N) is 1. The molecule has 3 rings (SSSR count). The van der Waals surface area contributed by atoms with Crippen molar-refractivity contribution in [1.29, 1.82) is 0 Å². The number of fused-ring (bicyclic) bond motifs is 1. The monoisotopic (exact) mass is 262 g/mol. The zero-order chi connectivity index (χ0) is 13.1. The first-order chi connectivity index (χ1) is 9.36. The van der Waals surface area contributed by atoms with Crippen LogP contribution in [-0.4, -0.2) is 44.7 Å². The predicted molar refractivity (Wildman–Crippen MR) is 74.5 cm³/mol. The van der Waals surface area contributed by atoms with Crippen LogP contribution in [0.4, 0.5) is 0 Å². The second-order valence-corrected chi connectivity index (χ2v) is 5.27. The number of ether oxygens (including phenoxy) is 2. The molecular formula is C15H22N2O2. The number of nitrogens with one attached hydrogen (secondary N) is 1. The number of hydrogen-bond acceptors (Lipinski definition) is 4. The topological polar surface area (TPSA) is 33.7 Å². The zero-order valence-corrected chi connectivity index (χ0v) is 11.6. The summed E-state index contributed by atoms with van der Waals surface area (Å²) < 4.78 is 11.0. The minimum atomic E-state index is 0.726. The second kappa shape index (κ2) is 5.90. The second-order valence-electron chi connectivity index (χ2n) is 5.27. The highest BCUT2D eigenvalue weighted by molar-refractivity contribution is 5.43. The first-order valence-electron chi connectivity index (χ1n) is 7.06. The third-order valence-electron chi connectivity index (χ3n) is 4.02. The maximum atomic E-state index is 5.52. The Balaban J connectivity index is 1.69. The van der Waals surface area contributed by atoms with Crippen molar-refractivity contribution in [2.45, 2.75) is 19.6 Å². The first kappa shape index (κ1) is 12.9. The van der Waals surface area contributed by atoms with Crippen molar-refractivity contribution >= 4 is 0 Å². The van der Waals surface area contributed by atoms with Gasteiger partial charge in [-0.2, -0.15) is 0 Å². The molecule has 104 valence electrons. The number of methoxy groups -OCH3 is 1. The molecule has 0 spiro atoms. The molecule has 2 aliphatic heterocycles. The van der Waals surface area contributed by atoms with Crippen LogP contribution in [0.15, 0.2) is 12.1 Å². The van der Waals surface area contributed by atoms with Gasteiger partial charge in [0.25, 0.3) is 0 Å². The summed E-state index contributed by atoms with van der Waals surface area (Å²) in [5, 5.41) is 3.39. The van der Waals surface area contributed by atoms with Gasteiger partial charge in [-0.1, -0.05) is 0 Å². The molecule has 1 N–H and O–H groups in total. The third kappa shape index (κ3) is 2.91. The van der Waals surface area contributed by atoms with Gasteiger partial charge in [-0.05, 0) is 35.2 Å². The highest BCUT2D eigenvalue weighted by atomic mass is 16.5. The molecule has 0 saturated carbocycles. The van der Waals surface area contributed by atoms with E-state index in [2.05, 4.69) is 22.3 Å². The molecule has 0 bridgehead atoms. The van der Waals surface area contributed by atoms with Crippen LogP contribution in [0.5, 0.6) is 5.75 Å². The van der Waals surface area contributed by atoms with E-state index in [0.717, 1.165) is 58.1 Å². The number of benzene rings is 1. The Bertz CT molecular complexity index is 442. The summed E-state index contributed by atoms with van der Waals surface area (Å²) in [4.78, 5) is 2.51. The molecule has 19 heavy (non-hydrogen) atoms. The molecule has 1 saturated heterocycles. The van der Waals surface area contributed by atoms with E-state index >= 15 is 0 Å². The van der Waals surface area contributed by atoms with E-state index in [1.54, 1.807) is 7.11 Å². The Hall–Kier alpha value is -1.10. The van der Waals surface area contributed by atoms with Crippen LogP contribution < -0.4 is 10.1 Å². The molecule has 0 aliphatic carbocycles. The quantitative estimate of drug-likeness (QED) is 0.883. The van der Waals surface area contributed by atoms with Crippen LogP contribution >= 0.6 is 0 Å². The highest BCUT2D eigenvalue weighted by Gasteiger charge is 2.16. The lowest BCUT2D eigenvalue weighted by Crippen LogP contribution is -2.44. The average Bonchev–Trinajstić information content (AvgIpc) is 2.92. The Morgan fingerprint density at radius 1 is 1.21 bits per heavy atom. The molecule has 0 unspecified atom stereocenters. The Labute approximate surface area is 114 Å². The van der Waals surface area contributed by atoms with E-state index in [1.807, 2.05) is 0 Å². The highest BCUT2D eigenvalue weighted by Crippen LogP contribution is 2.29. The van der Waals surface area contributed by atoms with Crippen molar-refractivity contribution < 1.29 is 9.47 Å². The van der Waals surface area contributed by atoms with Crippen molar-refractivity contribution in [3.63, 3.8) is 0 Å². The molecule has 0 atom stereocenters. The molecule has 4 heteroatoms. The van der Waals surface area contributed by atoms with Crippen LogP contribution in [0.1, 0.15) is 16.7 Å². The maximum absolute atomic E-state index is 5.52. The van der Waals surface area contributed by atoms with Crippen LogP contribution in [0, 0.1) is 0 Å². The van der Waals surface area contributed by atoms with Gasteiger partial charge < -0.3 is 19.7 Å². The van der Waals surface area contributed by atoms with Gasteiger partial charge >= 0.3 is 0 Å². The van der Waals surface area contributed by atoms with Crippen LogP contribution in [0.25, 0.3) is 0 Å². The van der Waals surface area contributed by atoms with Gasteiger partial charge in [0.05, 0.1) is 20.3 Å². The smallest absolute Gasteiger partial charge is 0.122 e. The molecule has 2 heterocycles. The number of piperazine rings is 1. The van der Waals surface area contributed by atoms with E-state index in [-0.39, 0.29) is 0 Å². The van der Waals surface area contributed by atoms with Crippen molar-refractivity contribution in [3.8, 4) is 5.75 Å². The largest absolute Gasteiger partial charge is 0.496 e. The fraction of sp³-hybridized carbons (Fsp3) is 0.600. The van der Waals surface area contributed by atoms with E-state index < -0.39 is 0 Å². The minimum absolute atomic E-state index is 0.726. The molecule has 0 amide bonds. The van der Waals surface area contributed by atoms with Crippen LogP contribution in [0.2, 0.25) is 0 Å². The van der Waals surface area contributed by atoms with Crippen molar-refractivity contribution in [2.24, 2.45) is 0 Å². The molecule has 4 nitrogen and oxygen atoms in total. The maximum Gasteiger partial charge on any atom is 0.122 e. The Morgan fingerprint density at radius 3 is 2.68 bits per heavy atom. The first-order valence-corrected chi connectivity index (χ1v) is 7.06. The normalized spacial score (nSPS) is 19.4. The molecule has 1 fully saturated rings. The summed E-state index contributed by atoms with van der Waals surface area (Å²) in [6.07, 6.45) is 1.05. The van der Waals surface area contributed by atoms with Crippen molar-refractivity contribution in [2.75, 3.05) is 39.8 Å². The fourth-order valence-corrected chi connectivity index (χ4v) is 2.86. The molecule has 0 radical (unpaired) electrons. The standard InChI is InChI=1S/C15H22N2O2/c1-18-15-9-14-11-19-10-13(14)8-12(15)2-5-17-6-3-16-4-7-17/h8-9,16H,2-7,10-11H2,1H3. The van der Waals surface area contributed by atoms with E-state index in [9.17, 15) is 0 Å². The fourth-order valence-electron chi connectivity index (χ4n) is 2.86. The molecular weight excluding hydrogens is 240 g/mol. The zero-order valence-electron chi connectivity index (χ0n) is 11.6. The number of hydrogen-bond donors (Lipinski definition) is 1. The lowest BCUT2D eigenvalue weighted by atomic mass is 10.0. The summed E-state index contributed by atoms with van der Waals surface area (Å²) in [5.74, 6) is 1.01. The van der Waals surface area contributed by atoms with Gasteiger partial charge in [-0.3, -0.25) is 0 Å². The summed E-state index contributed by atoms with van der Waals surface area (Å²) >= 11 is 0. The van der Waals surface area contributed by atoms with Crippen LogP contribution in [0.3, 0.4) is 0 Å². The van der Waals surface area contributed by atoms with Gasteiger partial charge in [0.1, 0.15) is 5.75 Å². The summed E-state index contributed by atoms with van der Waals surface area (Å²) in [6.45, 7) is 7.10. The Morgan fingerprint density at radius 2 is 1.95 bits per heavy atom. The van der Waals surface area contributed by atoms with Gasteiger partial charge in [0.15, 0.2) is 0 Å². The number of rotatable bonds is 4. The lowest BCUT2D eigenvalue weighted by Gasteiger charge is -2.27. The minimum Gasteiger partial charge on any atom is -0.496 e.